The molecule has 140 valence electrons. The van der Waals surface area contributed by atoms with Gasteiger partial charge in [-0.05, 0) is 32.8 Å². The minimum Gasteiger partial charge on any atom is -0.447 e. The summed E-state index contributed by atoms with van der Waals surface area (Å²) in [6.45, 7) is 3.20. The average Bonchev–Trinajstić information content (AvgIpc) is 2.79. The van der Waals surface area contributed by atoms with Gasteiger partial charge in [0.1, 0.15) is 0 Å². The molecule has 0 unspecified atom stereocenters. The third-order valence-corrected chi connectivity index (χ3v) is 4.96. The Hall–Kier alpha value is -2.37. The van der Waals surface area contributed by atoms with E-state index in [2.05, 4.69) is 5.32 Å². The Morgan fingerprint density at radius 2 is 1.92 bits per heavy atom. The number of halogens is 1. The largest absolute Gasteiger partial charge is 0.447 e. The highest BCUT2D eigenvalue weighted by molar-refractivity contribution is 5.97. The van der Waals surface area contributed by atoms with Crippen molar-refractivity contribution in [1.29, 1.82) is 0 Å². The van der Waals surface area contributed by atoms with E-state index in [1.807, 2.05) is 0 Å². The molecule has 1 N–H and O–H groups in total. The number of amides is 1. The van der Waals surface area contributed by atoms with Crippen LogP contribution in [0.4, 0.5) is 4.39 Å². The first-order valence-corrected chi connectivity index (χ1v) is 9.16. The summed E-state index contributed by atoms with van der Waals surface area (Å²) in [5.74, 6) is -1.69. The number of benzene rings is 1. The molecule has 1 fully saturated rings. The van der Waals surface area contributed by atoms with Gasteiger partial charge in [0, 0.05) is 17.0 Å². The maximum absolute atomic E-state index is 13.8. The molecule has 1 aromatic heterocycles. The monoisotopic (exact) mass is 361 g/mol. The molecule has 1 aliphatic carbocycles. The SMILES string of the molecule is Cc1c(C(=O)O[C@@H](C)C(=O)NC2CCCCCC2)oc2c(F)cccc12. The summed E-state index contributed by atoms with van der Waals surface area (Å²) < 4.78 is 24.4. The van der Waals surface area contributed by atoms with Crippen LogP contribution in [0.1, 0.15) is 61.6 Å². The van der Waals surface area contributed by atoms with Crippen LogP contribution in [0.15, 0.2) is 22.6 Å². The van der Waals surface area contributed by atoms with Gasteiger partial charge in [-0.2, -0.15) is 0 Å². The van der Waals surface area contributed by atoms with Crippen LogP contribution in [-0.2, 0) is 9.53 Å². The van der Waals surface area contributed by atoms with Crippen LogP contribution in [-0.4, -0.2) is 24.0 Å². The lowest BCUT2D eigenvalue weighted by Gasteiger charge is -2.19. The van der Waals surface area contributed by atoms with Crippen LogP contribution in [0.3, 0.4) is 0 Å². The zero-order chi connectivity index (χ0) is 18.7. The third kappa shape index (κ3) is 3.89. The van der Waals surface area contributed by atoms with Gasteiger partial charge in [-0.1, -0.05) is 37.8 Å². The standard InChI is InChI=1S/C20H24FNO4/c1-12-15-10-7-11-16(21)18(15)26-17(12)20(24)25-13(2)19(23)22-14-8-5-3-4-6-9-14/h7,10-11,13-14H,3-6,8-9H2,1-2H3,(H,22,23)/t13-/m0/s1. The van der Waals surface area contributed by atoms with Gasteiger partial charge in [-0.15, -0.1) is 0 Å². The smallest absolute Gasteiger partial charge is 0.375 e. The number of carbonyl (C=O) groups excluding carboxylic acids is 2. The lowest BCUT2D eigenvalue weighted by atomic mass is 10.1. The van der Waals surface area contributed by atoms with Crippen LogP contribution >= 0.6 is 0 Å². The van der Waals surface area contributed by atoms with Crippen molar-refractivity contribution < 1.29 is 23.1 Å². The van der Waals surface area contributed by atoms with E-state index in [4.69, 9.17) is 9.15 Å². The van der Waals surface area contributed by atoms with Crippen molar-refractivity contribution in [2.24, 2.45) is 0 Å². The van der Waals surface area contributed by atoms with E-state index in [9.17, 15) is 14.0 Å². The number of rotatable bonds is 4. The van der Waals surface area contributed by atoms with E-state index >= 15 is 0 Å². The Kier molecular flexibility index (Phi) is 5.59. The van der Waals surface area contributed by atoms with Crippen LogP contribution in [0, 0.1) is 12.7 Å². The number of nitrogens with one attached hydrogen (secondary N) is 1. The van der Waals surface area contributed by atoms with Crippen LogP contribution in [0.25, 0.3) is 11.0 Å². The number of ether oxygens (including phenoxy) is 1. The summed E-state index contributed by atoms with van der Waals surface area (Å²) in [6.07, 6.45) is 5.55. The molecule has 2 aromatic rings. The van der Waals surface area contributed by atoms with Crippen molar-refractivity contribution in [3.05, 3.63) is 35.3 Å². The van der Waals surface area contributed by atoms with Gasteiger partial charge in [-0.3, -0.25) is 4.79 Å². The van der Waals surface area contributed by atoms with Crippen molar-refractivity contribution in [3.8, 4) is 0 Å². The quantitative estimate of drug-likeness (QED) is 0.652. The van der Waals surface area contributed by atoms with Crippen molar-refractivity contribution >= 4 is 22.8 Å². The fourth-order valence-corrected chi connectivity index (χ4v) is 3.41. The Morgan fingerprint density at radius 3 is 2.58 bits per heavy atom. The first-order chi connectivity index (χ1) is 12.5. The molecule has 6 heteroatoms. The van der Waals surface area contributed by atoms with Gasteiger partial charge in [0.2, 0.25) is 5.76 Å². The fourth-order valence-electron chi connectivity index (χ4n) is 3.41. The summed E-state index contributed by atoms with van der Waals surface area (Å²) in [5.41, 5.74) is 0.522. The van der Waals surface area contributed by atoms with E-state index in [1.165, 1.54) is 25.8 Å². The van der Waals surface area contributed by atoms with E-state index in [0.29, 0.717) is 10.9 Å². The molecule has 0 spiro atoms. The van der Waals surface area contributed by atoms with Crippen molar-refractivity contribution in [1.82, 2.24) is 5.32 Å². The van der Waals surface area contributed by atoms with Crippen molar-refractivity contribution in [3.63, 3.8) is 0 Å². The molecule has 1 amide bonds. The predicted octanol–water partition coefficient (Wildman–Crippen LogP) is 4.26. The zero-order valence-electron chi connectivity index (χ0n) is 15.1. The topological polar surface area (TPSA) is 68.5 Å². The van der Waals surface area contributed by atoms with Crippen molar-refractivity contribution in [2.75, 3.05) is 0 Å². The van der Waals surface area contributed by atoms with Crippen LogP contribution in [0.2, 0.25) is 0 Å². The van der Waals surface area contributed by atoms with E-state index in [-0.39, 0.29) is 23.3 Å². The second kappa shape index (κ2) is 7.89. The highest BCUT2D eigenvalue weighted by Gasteiger charge is 2.26. The summed E-state index contributed by atoms with van der Waals surface area (Å²) in [6, 6.07) is 4.63. The molecule has 1 saturated carbocycles. The van der Waals surface area contributed by atoms with E-state index < -0.39 is 17.9 Å². The lowest BCUT2D eigenvalue weighted by molar-refractivity contribution is -0.130. The second-order valence-corrected chi connectivity index (χ2v) is 6.92. The number of carbonyl (C=O) groups is 2. The minimum atomic E-state index is -0.941. The van der Waals surface area contributed by atoms with Crippen LogP contribution in [0.5, 0.6) is 0 Å². The summed E-state index contributed by atoms with van der Waals surface area (Å²) in [7, 11) is 0. The number of furan rings is 1. The molecule has 0 saturated heterocycles. The van der Waals surface area contributed by atoms with Crippen molar-refractivity contribution in [2.45, 2.75) is 64.5 Å². The summed E-state index contributed by atoms with van der Waals surface area (Å²) >= 11 is 0. The van der Waals surface area contributed by atoms with Gasteiger partial charge in [-0.25, -0.2) is 9.18 Å². The van der Waals surface area contributed by atoms with Gasteiger partial charge in [0.05, 0.1) is 0 Å². The summed E-state index contributed by atoms with van der Waals surface area (Å²) in [4.78, 5) is 24.7. The first-order valence-electron chi connectivity index (χ1n) is 9.16. The minimum absolute atomic E-state index is 0.0208. The highest BCUT2D eigenvalue weighted by Crippen LogP contribution is 2.28. The number of fused-ring (bicyclic) bond motifs is 1. The molecule has 1 aromatic carbocycles. The maximum atomic E-state index is 13.8. The van der Waals surface area contributed by atoms with Gasteiger partial charge in [0.25, 0.3) is 5.91 Å². The second-order valence-electron chi connectivity index (χ2n) is 6.92. The Balaban J connectivity index is 1.66. The number of hydrogen-bond donors (Lipinski definition) is 1. The molecule has 0 aliphatic heterocycles. The molecule has 0 radical (unpaired) electrons. The summed E-state index contributed by atoms with van der Waals surface area (Å²) in [5, 5.41) is 3.48. The molecule has 1 heterocycles. The molecule has 26 heavy (non-hydrogen) atoms. The third-order valence-electron chi connectivity index (χ3n) is 4.96. The maximum Gasteiger partial charge on any atom is 0.375 e. The molecule has 3 rings (SSSR count). The highest BCUT2D eigenvalue weighted by atomic mass is 19.1. The van der Waals surface area contributed by atoms with E-state index in [0.717, 1.165) is 25.7 Å². The lowest BCUT2D eigenvalue weighted by Crippen LogP contribution is -2.41. The molecule has 1 aliphatic rings. The van der Waals surface area contributed by atoms with Gasteiger partial charge in [0.15, 0.2) is 17.5 Å². The molecule has 1 atom stereocenters. The first kappa shape index (κ1) is 18.4. The van der Waals surface area contributed by atoms with Gasteiger partial charge >= 0.3 is 5.97 Å². The molecule has 0 bridgehead atoms. The zero-order valence-corrected chi connectivity index (χ0v) is 15.1. The Labute approximate surface area is 151 Å². The average molecular weight is 361 g/mol. The Bertz CT molecular complexity index is 805. The van der Waals surface area contributed by atoms with Gasteiger partial charge < -0.3 is 14.5 Å². The normalized spacial score (nSPS) is 16.9. The molecule has 5 nitrogen and oxygen atoms in total. The van der Waals surface area contributed by atoms with E-state index in [1.54, 1.807) is 19.1 Å². The van der Waals surface area contributed by atoms with Crippen LogP contribution < -0.4 is 5.32 Å². The fraction of sp³-hybridized carbons (Fsp3) is 0.500. The number of hydrogen-bond acceptors (Lipinski definition) is 4. The molecular weight excluding hydrogens is 337 g/mol. The Morgan fingerprint density at radius 1 is 1.23 bits per heavy atom. The number of aryl methyl sites for hydroxylation is 1. The predicted molar refractivity (Wildman–Crippen MR) is 95.4 cm³/mol. The number of para-hydroxylation sites is 1. The number of esters is 1. The molecular formula is C20H24FNO4.